The first-order valence-corrected chi connectivity index (χ1v) is 9.52. The molecule has 0 aliphatic carbocycles. The van der Waals surface area contributed by atoms with Gasteiger partial charge < -0.3 is 32.3 Å². The monoisotopic (exact) mass is 410 g/mol. The third-order valence-electron chi connectivity index (χ3n) is 3.81. The summed E-state index contributed by atoms with van der Waals surface area (Å²) in [7, 11) is 0. The fourth-order valence-electron chi connectivity index (χ4n) is 2.29. The molecule has 0 fully saturated rings. The van der Waals surface area contributed by atoms with Crippen LogP contribution in [0.4, 0.5) is 0 Å². The third kappa shape index (κ3) is 13.3. The molecular weight excluding hydrogens is 376 g/mol. The number of aliphatic hydroxyl groups excluding tert-OH is 1. The molecule has 1 aromatic rings. The molecule has 0 aliphatic rings. The molecule has 164 valence electrons. The number of hydrogen-bond donors (Lipinski definition) is 6. The Bertz CT molecular complexity index is 625. The number of carboxylic acids is 1. The SMILES string of the molecule is CC(C)C[C@H](N)CO.C[C@H](NC(=O)CNC(=O)[C@@H](N)Cc1ccccc1)C(=O)O. The Morgan fingerprint density at radius 3 is 2.10 bits per heavy atom. The second-order valence-corrected chi connectivity index (χ2v) is 7.21. The van der Waals surface area contributed by atoms with E-state index in [4.69, 9.17) is 21.7 Å². The fourth-order valence-corrected chi connectivity index (χ4v) is 2.29. The number of benzene rings is 1. The highest BCUT2D eigenvalue weighted by Crippen LogP contribution is 2.02. The second kappa shape index (κ2) is 14.5. The van der Waals surface area contributed by atoms with Crippen molar-refractivity contribution in [3.63, 3.8) is 0 Å². The molecule has 0 saturated heterocycles. The smallest absolute Gasteiger partial charge is 0.325 e. The number of hydrogen-bond acceptors (Lipinski definition) is 6. The van der Waals surface area contributed by atoms with Crippen molar-refractivity contribution in [3.05, 3.63) is 35.9 Å². The van der Waals surface area contributed by atoms with Crippen LogP contribution in [-0.2, 0) is 20.8 Å². The Kier molecular flexibility index (Phi) is 13.3. The number of nitrogens with one attached hydrogen (secondary N) is 2. The number of amides is 2. The van der Waals surface area contributed by atoms with E-state index in [2.05, 4.69) is 24.5 Å². The topological polar surface area (TPSA) is 168 Å². The summed E-state index contributed by atoms with van der Waals surface area (Å²) >= 11 is 0. The minimum absolute atomic E-state index is 0.0185. The van der Waals surface area contributed by atoms with Crippen LogP contribution < -0.4 is 22.1 Å². The predicted octanol–water partition coefficient (Wildman–Crippen LogP) is -0.386. The van der Waals surface area contributed by atoms with Gasteiger partial charge in [0, 0.05) is 6.04 Å². The molecule has 29 heavy (non-hydrogen) atoms. The first-order chi connectivity index (χ1) is 13.6. The van der Waals surface area contributed by atoms with Gasteiger partial charge in [-0.2, -0.15) is 0 Å². The summed E-state index contributed by atoms with van der Waals surface area (Å²) in [6.07, 6.45) is 1.27. The van der Waals surface area contributed by atoms with Crippen molar-refractivity contribution >= 4 is 17.8 Å². The Labute approximate surface area is 171 Å². The van der Waals surface area contributed by atoms with Gasteiger partial charge >= 0.3 is 5.97 Å². The summed E-state index contributed by atoms with van der Waals surface area (Å²) in [4.78, 5) is 33.7. The van der Waals surface area contributed by atoms with Crippen LogP contribution in [0.25, 0.3) is 0 Å². The van der Waals surface area contributed by atoms with Crippen molar-refractivity contribution in [3.8, 4) is 0 Å². The summed E-state index contributed by atoms with van der Waals surface area (Å²) in [5, 5.41) is 21.7. The van der Waals surface area contributed by atoms with Crippen molar-refractivity contribution < 1.29 is 24.6 Å². The Morgan fingerprint density at radius 1 is 1.07 bits per heavy atom. The number of carbonyl (C=O) groups excluding carboxylic acids is 2. The van der Waals surface area contributed by atoms with Crippen molar-refractivity contribution in [1.82, 2.24) is 10.6 Å². The van der Waals surface area contributed by atoms with Gasteiger partial charge in [-0.05, 0) is 31.2 Å². The molecule has 8 N–H and O–H groups in total. The molecule has 0 radical (unpaired) electrons. The highest BCUT2D eigenvalue weighted by molar-refractivity contribution is 5.89. The zero-order chi connectivity index (χ0) is 22.4. The van der Waals surface area contributed by atoms with Crippen LogP contribution in [0, 0.1) is 5.92 Å². The van der Waals surface area contributed by atoms with E-state index in [-0.39, 0.29) is 19.2 Å². The molecule has 0 bridgehead atoms. The lowest BCUT2D eigenvalue weighted by Gasteiger charge is -2.13. The molecule has 1 rings (SSSR count). The molecule has 2 amide bonds. The van der Waals surface area contributed by atoms with Gasteiger partial charge in [0.05, 0.1) is 19.2 Å². The molecular formula is C20H34N4O5. The van der Waals surface area contributed by atoms with Gasteiger partial charge in [0.1, 0.15) is 6.04 Å². The van der Waals surface area contributed by atoms with Crippen molar-refractivity contribution in [2.75, 3.05) is 13.2 Å². The van der Waals surface area contributed by atoms with Gasteiger partial charge in [0.25, 0.3) is 0 Å². The largest absolute Gasteiger partial charge is 0.480 e. The normalized spacial score (nSPS) is 13.5. The lowest BCUT2D eigenvalue weighted by Crippen LogP contribution is -2.48. The number of rotatable bonds is 10. The Balaban J connectivity index is 0.000000828. The molecule has 0 spiro atoms. The highest BCUT2D eigenvalue weighted by Gasteiger charge is 2.17. The van der Waals surface area contributed by atoms with Gasteiger partial charge in [0.2, 0.25) is 11.8 Å². The maximum Gasteiger partial charge on any atom is 0.325 e. The van der Waals surface area contributed by atoms with E-state index in [1.807, 2.05) is 30.3 Å². The van der Waals surface area contributed by atoms with Crippen LogP contribution >= 0.6 is 0 Å². The third-order valence-corrected chi connectivity index (χ3v) is 3.81. The van der Waals surface area contributed by atoms with Crippen LogP contribution in [0.1, 0.15) is 32.8 Å². The number of nitrogens with two attached hydrogens (primary N) is 2. The first kappa shape index (κ1) is 26.5. The van der Waals surface area contributed by atoms with Crippen molar-refractivity contribution in [2.24, 2.45) is 17.4 Å². The van der Waals surface area contributed by atoms with E-state index in [0.717, 1.165) is 12.0 Å². The van der Waals surface area contributed by atoms with Crippen molar-refractivity contribution in [2.45, 2.75) is 51.7 Å². The average Bonchev–Trinajstić information content (AvgIpc) is 2.66. The van der Waals surface area contributed by atoms with E-state index in [9.17, 15) is 14.4 Å². The standard InChI is InChI=1S/C14H19N3O4.C6H15NO/c1-9(14(20)21)17-12(18)8-16-13(19)11(15)7-10-5-3-2-4-6-10;1-5(2)3-6(7)4-8/h2-6,9,11H,7-8,15H2,1H3,(H,16,19)(H,17,18)(H,20,21);5-6,8H,3-4,7H2,1-2H3/t9-,11-;6-/m00/s1. The van der Waals surface area contributed by atoms with Crippen LogP contribution in [-0.4, -0.2) is 59.3 Å². The molecule has 0 aliphatic heterocycles. The van der Waals surface area contributed by atoms with Crippen LogP contribution in [0.2, 0.25) is 0 Å². The summed E-state index contributed by atoms with van der Waals surface area (Å²) < 4.78 is 0. The lowest BCUT2D eigenvalue weighted by molar-refractivity contribution is -0.141. The zero-order valence-electron chi connectivity index (χ0n) is 17.3. The molecule has 0 heterocycles. The first-order valence-electron chi connectivity index (χ1n) is 9.52. The van der Waals surface area contributed by atoms with Gasteiger partial charge in [-0.25, -0.2) is 0 Å². The van der Waals surface area contributed by atoms with Gasteiger partial charge in [-0.15, -0.1) is 0 Å². The summed E-state index contributed by atoms with van der Waals surface area (Å²) in [6.45, 7) is 5.32. The highest BCUT2D eigenvalue weighted by atomic mass is 16.4. The quantitative estimate of drug-likeness (QED) is 0.305. The molecule has 1 aromatic carbocycles. The number of aliphatic hydroxyl groups is 1. The maximum atomic E-state index is 11.7. The van der Waals surface area contributed by atoms with Crippen molar-refractivity contribution in [1.29, 1.82) is 0 Å². The molecule has 0 saturated carbocycles. The van der Waals surface area contributed by atoms with Crippen LogP contribution in [0.5, 0.6) is 0 Å². The van der Waals surface area contributed by atoms with E-state index < -0.39 is 29.9 Å². The number of carboxylic acid groups (broad SMARTS) is 1. The van der Waals surface area contributed by atoms with E-state index in [1.165, 1.54) is 6.92 Å². The molecule has 0 aromatic heterocycles. The predicted molar refractivity (Wildman–Crippen MR) is 111 cm³/mol. The lowest BCUT2D eigenvalue weighted by atomic mass is 10.1. The number of aliphatic carboxylic acids is 1. The van der Waals surface area contributed by atoms with Gasteiger partial charge in [-0.1, -0.05) is 44.2 Å². The summed E-state index contributed by atoms with van der Waals surface area (Å²) in [5.41, 5.74) is 12.1. The van der Waals surface area contributed by atoms with Crippen LogP contribution in [0.15, 0.2) is 30.3 Å². The molecule has 9 nitrogen and oxygen atoms in total. The fraction of sp³-hybridized carbons (Fsp3) is 0.550. The van der Waals surface area contributed by atoms with E-state index in [1.54, 1.807) is 0 Å². The molecule has 9 heteroatoms. The van der Waals surface area contributed by atoms with Crippen LogP contribution in [0.3, 0.4) is 0 Å². The summed E-state index contributed by atoms with van der Waals surface area (Å²) in [6, 6.07) is 7.48. The molecule has 0 unspecified atom stereocenters. The van der Waals surface area contributed by atoms with E-state index in [0.29, 0.717) is 12.3 Å². The van der Waals surface area contributed by atoms with Gasteiger partial charge in [0.15, 0.2) is 0 Å². The average molecular weight is 411 g/mol. The van der Waals surface area contributed by atoms with Gasteiger partial charge in [-0.3, -0.25) is 14.4 Å². The maximum absolute atomic E-state index is 11.7. The molecule has 3 atom stereocenters. The Hall–Kier alpha value is -2.49. The second-order valence-electron chi connectivity index (χ2n) is 7.21. The minimum Gasteiger partial charge on any atom is -0.480 e. The summed E-state index contributed by atoms with van der Waals surface area (Å²) in [5.74, 6) is -1.59. The van der Waals surface area contributed by atoms with E-state index >= 15 is 0 Å². The minimum atomic E-state index is -1.14. The Morgan fingerprint density at radius 2 is 1.66 bits per heavy atom. The number of carbonyl (C=O) groups is 3. The zero-order valence-corrected chi connectivity index (χ0v) is 17.3.